The maximum Gasteiger partial charge on any atom is 0.230 e. The Hall–Kier alpha value is -2.90. The van der Waals surface area contributed by atoms with E-state index in [0.717, 1.165) is 27.1 Å². The highest BCUT2D eigenvalue weighted by Gasteiger charge is 2.17. The highest BCUT2D eigenvalue weighted by Crippen LogP contribution is 2.26. The van der Waals surface area contributed by atoms with Gasteiger partial charge in [-0.2, -0.15) is 0 Å². The van der Waals surface area contributed by atoms with Gasteiger partial charge in [-0.25, -0.2) is 0 Å². The van der Waals surface area contributed by atoms with Gasteiger partial charge in [0.1, 0.15) is 5.82 Å². The number of thiophene rings is 1. The molecular formula is C24H24N4OS2. The first kappa shape index (κ1) is 21.3. The molecule has 2 aromatic carbocycles. The minimum Gasteiger partial charge on any atom is -0.350 e. The molecule has 31 heavy (non-hydrogen) atoms. The Morgan fingerprint density at radius 3 is 2.65 bits per heavy atom. The summed E-state index contributed by atoms with van der Waals surface area (Å²) in [7, 11) is 0. The van der Waals surface area contributed by atoms with Crippen LogP contribution >= 0.6 is 23.1 Å². The number of benzene rings is 2. The summed E-state index contributed by atoms with van der Waals surface area (Å²) < 4.78 is 2.08. The summed E-state index contributed by atoms with van der Waals surface area (Å²) in [4.78, 5) is 13.5. The topological polar surface area (TPSA) is 59.8 Å². The number of rotatable bonds is 8. The van der Waals surface area contributed by atoms with E-state index in [1.165, 1.54) is 22.9 Å². The molecule has 1 amide bonds. The van der Waals surface area contributed by atoms with Crippen LogP contribution in [0.25, 0.3) is 5.69 Å². The van der Waals surface area contributed by atoms with E-state index in [4.69, 9.17) is 0 Å². The number of thioether (sulfide) groups is 1. The fraction of sp³-hybridized carbons (Fsp3) is 0.208. The molecule has 0 radical (unpaired) electrons. The highest BCUT2D eigenvalue weighted by atomic mass is 32.2. The number of carbonyl (C=O) groups excluding carboxylic acids is 1. The molecule has 0 spiro atoms. The van der Waals surface area contributed by atoms with E-state index in [1.54, 1.807) is 11.3 Å². The van der Waals surface area contributed by atoms with E-state index in [1.807, 2.05) is 35.7 Å². The Kier molecular flexibility index (Phi) is 6.84. The van der Waals surface area contributed by atoms with Crippen molar-refractivity contribution in [2.24, 2.45) is 0 Å². The molecular weight excluding hydrogens is 424 g/mol. The number of carbonyl (C=O) groups is 1. The molecule has 0 atom stereocenters. The SMILES string of the molecule is Cc1ccc(-n2c(Cc3ccccc3)nnc2SCC(=O)NCc2cccs2)c(C)c1. The van der Waals surface area contributed by atoms with Gasteiger partial charge in [-0.3, -0.25) is 9.36 Å². The molecule has 0 fully saturated rings. The quantitative estimate of drug-likeness (QED) is 0.388. The number of aromatic nitrogens is 3. The van der Waals surface area contributed by atoms with Crippen molar-refractivity contribution in [2.75, 3.05) is 5.75 Å². The molecule has 1 N–H and O–H groups in total. The van der Waals surface area contributed by atoms with Gasteiger partial charge in [0.2, 0.25) is 5.91 Å². The molecule has 4 rings (SSSR count). The van der Waals surface area contributed by atoms with Crippen LogP contribution in [0, 0.1) is 13.8 Å². The summed E-state index contributed by atoms with van der Waals surface area (Å²) in [6, 6.07) is 20.6. The Bertz CT molecular complexity index is 1150. The fourth-order valence-electron chi connectivity index (χ4n) is 3.36. The Morgan fingerprint density at radius 2 is 1.90 bits per heavy atom. The minimum absolute atomic E-state index is 0.0156. The van der Waals surface area contributed by atoms with Crippen molar-refractivity contribution in [3.05, 3.63) is 93.4 Å². The number of hydrogen-bond acceptors (Lipinski definition) is 5. The largest absolute Gasteiger partial charge is 0.350 e. The lowest BCUT2D eigenvalue weighted by Crippen LogP contribution is -2.24. The van der Waals surface area contributed by atoms with Crippen molar-refractivity contribution in [3.63, 3.8) is 0 Å². The third-order valence-corrected chi connectivity index (χ3v) is 6.68. The van der Waals surface area contributed by atoms with Gasteiger partial charge >= 0.3 is 0 Å². The first-order valence-corrected chi connectivity index (χ1v) is 11.9. The van der Waals surface area contributed by atoms with Gasteiger partial charge in [-0.05, 0) is 42.5 Å². The van der Waals surface area contributed by atoms with E-state index < -0.39 is 0 Å². The lowest BCUT2D eigenvalue weighted by molar-refractivity contribution is -0.118. The lowest BCUT2D eigenvalue weighted by Gasteiger charge is -2.13. The number of amides is 1. The van der Waals surface area contributed by atoms with Crippen molar-refractivity contribution in [3.8, 4) is 5.69 Å². The van der Waals surface area contributed by atoms with Crippen LogP contribution < -0.4 is 5.32 Å². The van der Waals surface area contributed by atoms with Crippen LogP contribution in [0.2, 0.25) is 0 Å². The molecule has 158 valence electrons. The maximum absolute atomic E-state index is 12.4. The van der Waals surface area contributed by atoms with E-state index in [-0.39, 0.29) is 5.91 Å². The van der Waals surface area contributed by atoms with Gasteiger partial charge in [0.05, 0.1) is 18.0 Å². The van der Waals surface area contributed by atoms with E-state index >= 15 is 0 Å². The molecule has 7 heteroatoms. The second kappa shape index (κ2) is 9.94. The normalized spacial score (nSPS) is 10.9. The molecule has 0 aliphatic carbocycles. The molecule has 0 saturated carbocycles. The van der Waals surface area contributed by atoms with E-state index in [2.05, 4.69) is 64.3 Å². The van der Waals surface area contributed by atoms with Gasteiger partial charge in [-0.15, -0.1) is 21.5 Å². The summed E-state index contributed by atoms with van der Waals surface area (Å²) in [6.07, 6.45) is 0.673. The summed E-state index contributed by atoms with van der Waals surface area (Å²) >= 11 is 3.05. The van der Waals surface area contributed by atoms with Gasteiger partial charge in [-0.1, -0.05) is 65.9 Å². The molecule has 0 bridgehead atoms. The fourth-order valence-corrected chi connectivity index (χ4v) is 4.80. The monoisotopic (exact) mass is 448 g/mol. The van der Waals surface area contributed by atoms with E-state index in [0.29, 0.717) is 18.7 Å². The number of nitrogens with one attached hydrogen (secondary N) is 1. The average Bonchev–Trinajstić information content (AvgIpc) is 3.42. The Morgan fingerprint density at radius 1 is 1.06 bits per heavy atom. The number of hydrogen-bond donors (Lipinski definition) is 1. The predicted octanol–water partition coefficient (Wildman–Crippen LogP) is 4.94. The number of aryl methyl sites for hydroxylation is 2. The zero-order valence-electron chi connectivity index (χ0n) is 17.5. The summed E-state index contributed by atoms with van der Waals surface area (Å²) in [6.45, 7) is 4.73. The predicted molar refractivity (Wildman–Crippen MR) is 127 cm³/mol. The molecule has 4 aromatic rings. The lowest BCUT2D eigenvalue weighted by atomic mass is 10.1. The standard InChI is InChI=1S/C24H24N4OS2/c1-17-10-11-21(18(2)13-17)28-22(14-19-7-4-3-5-8-19)26-27-24(28)31-16-23(29)25-15-20-9-6-12-30-20/h3-13H,14-16H2,1-2H3,(H,25,29). The van der Waals surface area contributed by atoms with Crippen molar-refractivity contribution in [1.82, 2.24) is 20.1 Å². The van der Waals surface area contributed by atoms with Gasteiger partial charge in [0.25, 0.3) is 0 Å². The average molecular weight is 449 g/mol. The van der Waals surface area contributed by atoms with Crippen LogP contribution in [0.1, 0.15) is 27.4 Å². The summed E-state index contributed by atoms with van der Waals surface area (Å²) in [5.41, 5.74) is 4.58. The van der Waals surface area contributed by atoms with Crippen LogP contribution in [-0.4, -0.2) is 26.4 Å². The molecule has 0 saturated heterocycles. The van der Waals surface area contributed by atoms with Crippen molar-refractivity contribution in [1.29, 1.82) is 0 Å². The smallest absolute Gasteiger partial charge is 0.230 e. The van der Waals surface area contributed by atoms with Crippen LogP contribution in [0.15, 0.2) is 71.2 Å². The third-order valence-electron chi connectivity index (χ3n) is 4.87. The zero-order chi connectivity index (χ0) is 21.6. The number of nitrogens with zero attached hydrogens (tertiary/aromatic N) is 3. The minimum atomic E-state index is -0.0156. The Labute approximate surface area is 190 Å². The first-order chi connectivity index (χ1) is 15.1. The van der Waals surface area contributed by atoms with Crippen LogP contribution in [0.5, 0.6) is 0 Å². The molecule has 2 aromatic heterocycles. The van der Waals surface area contributed by atoms with Gasteiger partial charge in [0.15, 0.2) is 5.16 Å². The highest BCUT2D eigenvalue weighted by molar-refractivity contribution is 7.99. The maximum atomic E-state index is 12.4. The summed E-state index contributed by atoms with van der Waals surface area (Å²) in [5, 5.41) is 14.6. The zero-order valence-corrected chi connectivity index (χ0v) is 19.2. The van der Waals surface area contributed by atoms with Crippen LogP contribution in [0.4, 0.5) is 0 Å². The van der Waals surface area contributed by atoms with Crippen LogP contribution in [0.3, 0.4) is 0 Å². The summed E-state index contributed by atoms with van der Waals surface area (Å²) in [5.74, 6) is 1.14. The van der Waals surface area contributed by atoms with Gasteiger partial charge < -0.3 is 5.32 Å². The van der Waals surface area contributed by atoms with Crippen molar-refractivity contribution >= 4 is 29.0 Å². The van der Waals surface area contributed by atoms with E-state index in [9.17, 15) is 4.79 Å². The molecule has 5 nitrogen and oxygen atoms in total. The molecule has 0 aliphatic rings. The Balaban J connectivity index is 1.55. The second-order valence-electron chi connectivity index (χ2n) is 7.33. The van der Waals surface area contributed by atoms with Gasteiger partial charge in [0, 0.05) is 11.3 Å². The second-order valence-corrected chi connectivity index (χ2v) is 9.31. The molecule has 0 unspecified atom stereocenters. The molecule has 2 heterocycles. The van der Waals surface area contributed by atoms with Crippen LogP contribution in [-0.2, 0) is 17.8 Å². The van der Waals surface area contributed by atoms with Crippen molar-refractivity contribution in [2.45, 2.75) is 32.0 Å². The molecule has 0 aliphatic heterocycles. The first-order valence-electron chi connectivity index (χ1n) is 10.1. The van der Waals surface area contributed by atoms with Crippen molar-refractivity contribution < 1.29 is 4.79 Å². The third kappa shape index (κ3) is 5.42.